The first-order valence-corrected chi connectivity index (χ1v) is 12.7. The third-order valence-corrected chi connectivity index (χ3v) is 8.57. The Morgan fingerprint density at radius 2 is 1.28 bits per heavy atom. The topological polar surface area (TPSA) is 0 Å². The van der Waals surface area contributed by atoms with Crippen molar-refractivity contribution in [2.45, 2.75) is 134 Å². The van der Waals surface area contributed by atoms with Gasteiger partial charge in [0.05, 0.1) is 0 Å². The minimum atomic E-state index is 0. The van der Waals surface area contributed by atoms with Gasteiger partial charge in [-0.1, -0.05) is 115 Å². The van der Waals surface area contributed by atoms with Crippen molar-refractivity contribution in [2.24, 2.45) is 39.9 Å². The van der Waals surface area contributed by atoms with Gasteiger partial charge in [0.1, 0.15) is 0 Å². The summed E-state index contributed by atoms with van der Waals surface area (Å²) in [6.45, 7) is 31.4. The summed E-state index contributed by atoms with van der Waals surface area (Å²) in [5.74, 6) is 3.21. The van der Waals surface area contributed by atoms with Gasteiger partial charge in [-0.3, -0.25) is 0 Å². The Morgan fingerprint density at radius 1 is 0.759 bits per heavy atom. The van der Waals surface area contributed by atoms with Crippen LogP contribution in [0.2, 0.25) is 0 Å². The predicted molar refractivity (Wildman–Crippen MR) is 131 cm³/mol. The molecule has 0 aliphatic rings. The molecule has 0 saturated carbocycles. The van der Waals surface area contributed by atoms with Crippen molar-refractivity contribution in [3.8, 4) is 0 Å². The van der Waals surface area contributed by atoms with Crippen LogP contribution in [0.4, 0.5) is 0 Å². The third kappa shape index (κ3) is 9.24. The van der Waals surface area contributed by atoms with Gasteiger partial charge >= 0.3 is 0 Å². The standard InChI is InChI=1S/C28H57.Y/c1-13-17-20-27(11,21-18-19-26(8,9)10)28(12,16-4)24(15-3)25(22(5)6)23(7)14-2;/h22-25H,8,13-21H2,1-7,9-12H3;/q-1;. The molecular formula is C28H57Y-. The molecule has 0 aromatic carbocycles. The van der Waals surface area contributed by atoms with Crippen LogP contribution in [0, 0.1) is 46.8 Å². The first kappa shape index (κ1) is 32.3. The average molecular weight is 483 g/mol. The summed E-state index contributed by atoms with van der Waals surface area (Å²) in [5, 5.41) is 0. The van der Waals surface area contributed by atoms with Crippen molar-refractivity contribution in [2.75, 3.05) is 0 Å². The zero-order valence-corrected chi connectivity index (χ0v) is 25.3. The van der Waals surface area contributed by atoms with E-state index in [1.165, 1.54) is 57.8 Å². The fourth-order valence-electron chi connectivity index (χ4n) is 6.29. The van der Waals surface area contributed by atoms with Gasteiger partial charge < -0.3 is 6.92 Å². The molecule has 0 bridgehead atoms. The Bertz CT molecular complexity index is 407. The molecule has 0 aliphatic heterocycles. The van der Waals surface area contributed by atoms with Gasteiger partial charge in [0.25, 0.3) is 0 Å². The molecule has 173 valence electrons. The monoisotopic (exact) mass is 482 g/mol. The first-order valence-electron chi connectivity index (χ1n) is 12.7. The van der Waals surface area contributed by atoms with Crippen LogP contribution in [0.1, 0.15) is 134 Å². The Labute approximate surface area is 212 Å². The summed E-state index contributed by atoms with van der Waals surface area (Å²) in [6, 6.07) is 0. The van der Waals surface area contributed by atoms with Gasteiger partial charge in [0, 0.05) is 32.7 Å². The molecule has 0 spiro atoms. The first-order chi connectivity index (χ1) is 12.8. The van der Waals surface area contributed by atoms with Crippen molar-refractivity contribution in [3.05, 3.63) is 6.92 Å². The van der Waals surface area contributed by atoms with Crippen LogP contribution in [0.25, 0.3) is 0 Å². The summed E-state index contributed by atoms with van der Waals surface area (Å²) >= 11 is 0. The molecule has 0 aliphatic carbocycles. The normalized spacial score (nSPS) is 19.8. The van der Waals surface area contributed by atoms with E-state index in [4.69, 9.17) is 0 Å². The van der Waals surface area contributed by atoms with Crippen LogP contribution < -0.4 is 0 Å². The van der Waals surface area contributed by atoms with E-state index >= 15 is 0 Å². The Kier molecular flexibility index (Phi) is 15.9. The molecule has 0 saturated heterocycles. The minimum absolute atomic E-state index is 0. The van der Waals surface area contributed by atoms with E-state index in [-0.39, 0.29) is 38.1 Å². The van der Waals surface area contributed by atoms with Crippen molar-refractivity contribution in [3.63, 3.8) is 0 Å². The molecule has 5 unspecified atom stereocenters. The van der Waals surface area contributed by atoms with Crippen LogP contribution in [0.5, 0.6) is 0 Å². The van der Waals surface area contributed by atoms with Gasteiger partial charge in [-0.05, 0) is 53.8 Å². The maximum Gasteiger partial charge on any atom is 0 e. The number of hydrogen-bond donors (Lipinski definition) is 0. The van der Waals surface area contributed by atoms with Gasteiger partial charge in [0.2, 0.25) is 0 Å². The van der Waals surface area contributed by atoms with Crippen molar-refractivity contribution in [1.82, 2.24) is 0 Å². The molecule has 0 heterocycles. The molecule has 0 aromatic heterocycles. The molecule has 1 heteroatoms. The molecule has 0 aromatic rings. The van der Waals surface area contributed by atoms with E-state index in [2.05, 4.69) is 83.1 Å². The van der Waals surface area contributed by atoms with E-state index in [1.807, 2.05) is 0 Å². The van der Waals surface area contributed by atoms with Crippen molar-refractivity contribution in [1.29, 1.82) is 0 Å². The Morgan fingerprint density at radius 3 is 1.62 bits per heavy atom. The number of unbranched alkanes of at least 4 members (excludes halogenated alkanes) is 1. The van der Waals surface area contributed by atoms with Crippen LogP contribution in [-0.2, 0) is 32.7 Å². The Balaban J connectivity index is 0. The Hall–Kier alpha value is 1.10. The second kappa shape index (κ2) is 14.3. The van der Waals surface area contributed by atoms with Crippen molar-refractivity contribution >= 4 is 0 Å². The summed E-state index contributed by atoms with van der Waals surface area (Å²) in [4.78, 5) is 0. The van der Waals surface area contributed by atoms with E-state index in [9.17, 15) is 0 Å². The van der Waals surface area contributed by atoms with Gasteiger partial charge in [-0.25, -0.2) is 0 Å². The summed E-state index contributed by atoms with van der Waals surface area (Å²) in [6.07, 6.45) is 11.9. The van der Waals surface area contributed by atoms with Gasteiger partial charge in [-0.15, -0.1) is 0 Å². The molecular weight excluding hydrogens is 425 g/mol. The molecule has 0 amide bonds. The molecule has 0 nitrogen and oxygen atoms in total. The molecule has 1 radical (unpaired) electrons. The van der Waals surface area contributed by atoms with E-state index < -0.39 is 0 Å². The van der Waals surface area contributed by atoms with Crippen LogP contribution in [0.15, 0.2) is 0 Å². The predicted octanol–water partition coefficient (Wildman–Crippen LogP) is 9.97. The largest absolute Gasteiger partial charge is 0.338 e. The van der Waals surface area contributed by atoms with Crippen LogP contribution in [-0.4, -0.2) is 0 Å². The molecule has 29 heavy (non-hydrogen) atoms. The third-order valence-electron chi connectivity index (χ3n) is 8.57. The molecule has 0 N–H and O–H groups in total. The molecule has 0 fully saturated rings. The van der Waals surface area contributed by atoms with Crippen LogP contribution >= 0.6 is 0 Å². The zero-order valence-electron chi connectivity index (χ0n) is 22.5. The summed E-state index contributed by atoms with van der Waals surface area (Å²) < 4.78 is 0. The quantitative estimate of drug-likeness (QED) is 0.204. The molecule has 0 rings (SSSR count). The number of hydrogen-bond acceptors (Lipinski definition) is 0. The van der Waals surface area contributed by atoms with Crippen molar-refractivity contribution < 1.29 is 32.7 Å². The fourth-order valence-corrected chi connectivity index (χ4v) is 6.29. The maximum absolute atomic E-state index is 4.37. The molecule has 5 atom stereocenters. The fraction of sp³-hybridized carbons (Fsp3) is 0.964. The zero-order chi connectivity index (χ0) is 22.2. The summed E-state index contributed by atoms with van der Waals surface area (Å²) in [7, 11) is 0. The SMILES string of the molecule is [CH2-]C(C)(C)CCCC(C)(CCCC)C(C)(CC)C(CC)C(C(C)C)C(C)CC.[Y]. The van der Waals surface area contributed by atoms with Crippen LogP contribution in [0.3, 0.4) is 0 Å². The number of rotatable bonds is 15. The van der Waals surface area contributed by atoms with Gasteiger partial charge in [-0.2, -0.15) is 5.41 Å². The average Bonchev–Trinajstić information content (AvgIpc) is 2.61. The van der Waals surface area contributed by atoms with E-state index in [1.54, 1.807) is 0 Å². The summed E-state index contributed by atoms with van der Waals surface area (Å²) in [5.41, 5.74) is 1.03. The minimum Gasteiger partial charge on any atom is -0.338 e. The maximum atomic E-state index is 4.37. The van der Waals surface area contributed by atoms with E-state index in [0.29, 0.717) is 10.8 Å². The van der Waals surface area contributed by atoms with E-state index in [0.717, 1.165) is 23.7 Å². The second-order valence-electron chi connectivity index (χ2n) is 11.7. The smallest absolute Gasteiger partial charge is 0 e. The van der Waals surface area contributed by atoms with Gasteiger partial charge in [0.15, 0.2) is 0 Å². The second-order valence-corrected chi connectivity index (χ2v) is 11.7.